The van der Waals surface area contributed by atoms with E-state index in [1.165, 1.54) is 12.8 Å². The lowest BCUT2D eigenvalue weighted by molar-refractivity contribution is 0.0946. The monoisotopic (exact) mass is 316 g/mol. The smallest absolute Gasteiger partial charge is 0.251 e. The molecule has 1 atom stereocenters. The van der Waals surface area contributed by atoms with E-state index in [1.807, 2.05) is 0 Å². The second kappa shape index (κ2) is 8.38. The molecule has 0 aliphatic rings. The molecular weight excluding hydrogens is 295 g/mol. The molecule has 1 aromatic carbocycles. The summed E-state index contributed by atoms with van der Waals surface area (Å²) >= 11 is 11.8. The Morgan fingerprint density at radius 2 is 2.05 bits per heavy atom. The Labute approximate surface area is 130 Å². The normalized spacial score (nSPS) is 12.2. The van der Waals surface area contributed by atoms with Gasteiger partial charge in [0.2, 0.25) is 0 Å². The zero-order valence-electron chi connectivity index (χ0n) is 12.0. The van der Waals surface area contributed by atoms with Crippen LogP contribution in [0.2, 0.25) is 10.0 Å². The van der Waals surface area contributed by atoms with Gasteiger partial charge in [0.25, 0.3) is 5.91 Å². The van der Waals surface area contributed by atoms with Crippen LogP contribution in [0, 0.1) is 5.92 Å². The van der Waals surface area contributed by atoms with Crippen molar-refractivity contribution in [1.82, 2.24) is 5.32 Å². The Balaban J connectivity index is 2.62. The fourth-order valence-electron chi connectivity index (χ4n) is 2.02. The summed E-state index contributed by atoms with van der Waals surface area (Å²) in [5, 5.41) is 3.53. The Morgan fingerprint density at radius 3 is 2.60 bits per heavy atom. The van der Waals surface area contributed by atoms with Crippen LogP contribution >= 0.6 is 23.2 Å². The SMILES string of the molecule is CCCCC(CC)CNC(=O)c1cc(N)c(Cl)c(Cl)c1. The number of carbonyl (C=O) groups is 1. The Hall–Kier alpha value is -0.930. The number of nitrogens with one attached hydrogen (secondary N) is 1. The van der Waals surface area contributed by atoms with Gasteiger partial charge in [-0.15, -0.1) is 0 Å². The van der Waals surface area contributed by atoms with Crippen LogP contribution in [0.1, 0.15) is 49.9 Å². The highest BCUT2D eigenvalue weighted by Crippen LogP contribution is 2.29. The third kappa shape index (κ3) is 4.88. The van der Waals surface area contributed by atoms with Gasteiger partial charge in [-0.2, -0.15) is 0 Å². The van der Waals surface area contributed by atoms with E-state index < -0.39 is 0 Å². The van der Waals surface area contributed by atoms with Gasteiger partial charge >= 0.3 is 0 Å². The molecular formula is C15H22Cl2N2O. The highest BCUT2D eigenvalue weighted by Gasteiger charge is 2.13. The molecule has 1 unspecified atom stereocenters. The van der Waals surface area contributed by atoms with Crippen molar-refractivity contribution >= 4 is 34.8 Å². The number of hydrogen-bond donors (Lipinski definition) is 2. The Morgan fingerprint density at radius 1 is 1.35 bits per heavy atom. The van der Waals surface area contributed by atoms with E-state index in [0.29, 0.717) is 28.7 Å². The van der Waals surface area contributed by atoms with Crippen molar-refractivity contribution in [3.63, 3.8) is 0 Å². The van der Waals surface area contributed by atoms with Crippen molar-refractivity contribution in [1.29, 1.82) is 0 Å². The molecule has 0 saturated carbocycles. The minimum absolute atomic E-state index is 0.162. The van der Waals surface area contributed by atoms with Crippen LogP contribution in [-0.4, -0.2) is 12.5 Å². The first-order chi connectivity index (χ1) is 9.49. The van der Waals surface area contributed by atoms with Crippen molar-refractivity contribution in [3.8, 4) is 0 Å². The molecule has 0 radical (unpaired) electrons. The predicted molar refractivity (Wildman–Crippen MR) is 86.5 cm³/mol. The zero-order valence-corrected chi connectivity index (χ0v) is 13.5. The number of anilines is 1. The summed E-state index contributed by atoms with van der Waals surface area (Å²) in [7, 11) is 0. The minimum Gasteiger partial charge on any atom is -0.397 e. The molecule has 0 fully saturated rings. The van der Waals surface area contributed by atoms with Crippen LogP contribution in [0.5, 0.6) is 0 Å². The van der Waals surface area contributed by atoms with E-state index in [4.69, 9.17) is 28.9 Å². The van der Waals surface area contributed by atoms with Gasteiger partial charge in [-0.1, -0.05) is 56.3 Å². The first kappa shape index (κ1) is 17.1. The quantitative estimate of drug-likeness (QED) is 0.726. The van der Waals surface area contributed by atoms with E-state index in [1.54, 1.807) is 12.1 Å². The topological polar surface area (TPSA) is 55.1 Å². The van der Waals surface area contributed by atoms with E-state index in [2.05, 4.69) is 19.2 Å². The molecule has 3 nitrogen and oxygen atoms in total. The summed E-state index contributed by atoms with van der Waals surface area (Å²) in [6, 6.07) is 3.10. The molecule has 0 saturated heterocycles. The molecule has 112 valence electrons. The fourth-order valence-corrected chi connectivity index (χ4v) is 2.36. The molecule has 0 bridgehead atoms. The number of carbonyl (C=O) groups excluding carboxylic acids is 1. The van der Waals surface area contributed by atoms with E-state index in [9.17, 15) is 4.79 Å². The molecule has 5 heteroatoms. The summed E-state index contributed by atoms with van der Waals surface area (Å²) in [6.45, 7) is 4.99. The van der Waals surface area contributed by atoms with Gasteiger partial charge in [0.05, 0.1) is 15.7 Å². The van der Waals surface area contributed by atoms with Gasteiger partial charge in [0, 0.05) is 12.1 Å². The number of hydrogen-bond acceptors (Lipinski definition) is 2. The summed E-state index contributed by atoms with van der Waals surface area (Å²) in [4.78, 5) is 12.1. The van der Waals surface area contributed by atoms with Crippen LogP contribution in [0.4, 0.5) is 5.69 Å². The minimum atomic E-state index is -0.162. The molecule has 0 aliphatic heterocycles. The molecule has 1 amide bonds. The van der Waals surface area contributed by atoms with Crippen molar-refractivity contribution in [3.05, 3.63) is 27.7 Å². The van der Waals surface area contributed by atoms with Gasteiger partial charge in [-0.3, -0.25) is 4.79 Å². The number of halogens is 2. The lowest BCUT2D eigenvalue weighted by Gasteiger charge is -2.15. The van der Waals surface area contributed by atoms with E-state index in [-0.39, 0.29) is 10.9 Å². The van der Waals surface area contributed by atoms with E-state index >= 15 is 0 Å². The van der Waals surface area contributed by atoms with Gasteiger partial charge in [-0.25, -0.2) is 0 Å². The Kier molecular flexibility index (Phi) is 7.17. The van der Waals surface area contributed by atoms with E-state index in [0.717, 1.165) is 12.8 Å². The fraction of sp³-hybridized carbons (Fsp3) is 0.533. The summed E-state index contributed by atoms with van der Waals surface area (Å²) < 4.78 is 0. The van der Waals surface area contributed by atoms with Crippen LogP contribution < -0.4 is 11.1 Å². The number of amides is 1. The van der Waals surface area contributed by atoms with Crippen LogP contribution in [0.15, 0.2) is 12.1 Å². The lowest BCUT2D eigenvalue weighted by Crippen LogP contribution is -2.29. The molecule has 3 N–H and O–H groups in total. The number of unbranched alkanes of at least 4 members (excludes halogenated alkanes) is 1. The van der Waals surface area contributed by atoms with Gasteiger partial charge in [0.15, 0.2) is 0 Å². The molecule has 1 aromatic rings. The zero-order chi connectivity index (χ0) is 15.1. The molecule has 0 aromatic heterocycles. The van der Waals surface area contributed by atoms with Crippen LogP contribution in [0.3, 0.4) is 0 Å². The summed E-state index contributed by atoms with van der Waals surface area (Å²) in [5.74, 6) is 0.351. The van der Waals surface area contributed by atoms with Crippen molar-refractivity contribution in [2.24, 2.45) is 5.92 Å². The number of rotatable bonds is 7. The largest absolute Gasteiger partial charge is 0.397 e. The first-order valence-corrected chi connectivity index (χ1v) is 7.77. The third-order valence-electron chi connectivity index (χ3n) is 3.41. The molecule has 0 heterocycles. The number of nitrogen functional groups attached to an aromatic ring is 1. The number of benzene rings is 1. The van der Waals surface area contributed by atoms with Crippen molar-refractivity contribution in [2.75, 3.05) is 12.3 Å². The molecule has 20 heavy (non-hydrogen) atoms. The molecule has 0 spiro atoms. The highest BCUT2D eigenvalue weighted by atomic mass is 35.5. The van der Waals surface area contributed by atoms with Gasteiger partial charge in [0.1, 0.15) is 0 Å². The predicted octanol–water partition coefficient (Wildman–Crippen LogP) is 4.52. The van der Waals surface area contributed by atoms with Gasteiger partial charge in [-0.05, 0) is 24.5 Å². The maximum atomic E-state index is 12.1. The average molecular weight is 317 g/mol. The lowest BCUT2D eigenvalue weighted by atomic mass is 9.99. The maximum Gasteiger partial charge on any atom is 0.251 e. The molecule has 0 aliphatic carbocycles. The third-order valence-corrected chi connectivity index (χ3v) is 4.23. The first-order valence-electron chi connectivity index (χ1n) is 7.02. The van der Waals surface area contributed by atoms with Crippen LogP contribution in [0.25, 0.3) is 0 Å². The molecule has 1 rings (SSSR count). The van der Waals surface area contributed by atoms with Gasteiger partial charge < -0.3 is 11.1 Å². The average Bonchev–Trinajstić information content (AvgIpc) is 2.44. The summed E-state index contributed by atoms with van der Waals surface area (Å²) in [5.41, 5.74) is 6.48. The highest BCUT2D eigenvalue weighted by molar-refractivity contribution is 6.43. The van der Waals surface area contributed by atoms with Crippen molar-refractivity contribution < 1.29 is 4.79 Å². The Bertz CT molecular complexity index is 440. The van der Waals surface area contributed by atoms with Crippen LogP contribution in [-0.2, 0) is 0 Å². The van der Waals surface area contributed by atoms with Crippen molar-refractivity contribution in [2.45, 2.75) is 39.5 Å². The standard InChI is InChI=1S/C15H22Cl2N2O/c1-3-5-6-10(4-2)9-19-15(20)11-7-12(16)14(17)13(18)8-11/h7-8,10H,3-6,9,18H2,1-2H3,(H,19,20). The maximum absolute atomic E-state index is 12.1. The second-order valence-electron chi connectivity index (χ2n) is 4.99. The second-order valence-corrected chi connectivity index (χ2v) is 5.77. The summed E-state index contributed by atoms with van der Waals surface area (Å²) in [6.07, 6.45) is 4.56. The number of nitrogens with two attached hydrogens (primary N) is 1.